The zero-order valence-electron chi connectivity index (χ0n) is 8.91. The molecule has 5 nitrogen and oxygen atoms in total. The van der Waals surface area contributed by atoms with Crippen LogP contribution in [0.2, 0.25) is 0 Å². The minimum absolute atomic E-state index is 0.271. The molecule has 1 aliphatic rings. The molecule has 2 heterocycles. The van der Waals surface area contributed by atoms with Crippen LogP contribution in [0.25, 0.3) is 5.69 Å². The van der Waals surface area contributed by atoms with Gasteiger partial charge in [-0.3, -0.25) is 14.4 Å². The quantitative estimate of drug-likeness (QED) is 0.727. The Balaban J connectivity index is 2.26. The van der Waals surface area contributed by atoms with Crippen molar-refractivity contribution >= 4 is 12.7 Å². The molecule has 0 bridgehead atoms. The summed E-state index contributed by atoms with van der Waals surface area (Å²) in [5.41, 5.74) is 2.78. The van der Waals surface area contributed by atoms with E-state index < -0.39 is 0 Å². The molecule has 1 aromatic heterocycles. The number of imidazole rings is 1. The van der Waals surface area contributed by atoms with Gasteiger partial charge in [0.25, 0.3) is 0 Å². The maximum absolute atomic E-state index is 10.4. The van der Waals surface area contributed by atoms with Gasteiger partial charge in [-0.05, 0) is 6.07 Å². The van der Waals surface area contributed by atoms with Crippen molar-refractivity contribution < 1.29 is 9.53 Å². The molecule has 2 aromatic rings. The summed E-state index contributed by atoms with van der Waals surface area (Å²) in [4.78, 5) is 18.8. The molecule has 0 aliphatic carbocycles. The van der Waals surface area contributed by atoms with Gasteiger partial charge in [-0.25, -0.2) is 4.98 Å². The van der Waals surface area contributed by atoms with Gasteiger partial charge in [-0.2, -0.15) is 0 Å². The molecule has 0 fully saturated rings. The molecule has 1 aliphatic heterocycles. The van der Waals surface area contributed by atoms with E-state index >= 15 is 0 Å². The van der Waals surface area contributed by atoms with Gasteiger partial charge in [-0.15, -0.1) is 0 Å². The van der Waals surface area contributed by atoms with Crippen LogP contribution in [0.5, 0.6) is 6.01 Å². The fraction of sp³-hybridized carbons (Fsp3) is 0.0833. The first kappa shape index (κ1) is 9.77. The Bertz CT molecular complexity index is 602. The lowest BCUT2D eigenvalue weighted by Gasteiger charge is -2.09. The van der Waals surface area contributed by atoms with Crippen molar-refractivity contribution in [2.75, 3.05) is 0 Å². The highest BCUT2D eigenvalue weighted by Crippen LogP contribution is 2.25. The lowest BCUT2D eigenvalue weighted by molar-refractivity contribution is -0.121. The Morgan fingerprint density at radius 3 is 3.12 bits per heavy atom. The molecule has 0 saturated heterocycles. The summed E-state index contributed by atoms with van der Waals surface area (Å²) in [6, 6.07) is 8.03. The minimum Gasteiger partial charge on any atom is -0.394 e. The van der Waals surface area contributed by atoms with E-state index in [-0.39, 0.29) is 6.01 Å². The highest BCUT2D eigenvalue weighted by Gasteiger charge is 2.16. The zero-order chi connectivity index (χ0) is 11.7. The van der Waals surface area contributed by atoms with E-state index in [1.54, 1.807) is 10.8 Å². The number of aliphatic imine (C=N–C) groups is 1. The lowest BCUT2D eigenvalue weighted by Crippen LogP contribution is -2.04. The van der Waals surface area contributed by atoms with Crippen molar-refractivity contribution in [1.29, 1.82) is 0 Å². The topological polar surface area (TPSA) is 56.5 Å². The van der Waals surface area contributed by atoms with E-state index in [9.17, 15) is 4.79 Å². The van der Waals surface area contributed by atoms with Gasteiger partial charge in [0, 0.05) is 11.8 Å². The maximum Gasteiger partial charge on any atom is 0.308 e. The molecule has 0 atom stereocenters. The summed E-state index contributed by atoms with van der Waals surface area (Å²) < 4.78 is 6.67. The maximum atomic E-state index is 10.4. The first-order valence-electron chi connectivity index (χ1n) is 5.16. The third-order valence-electron chi connectivity index (χ3n) is 2.62. The number of carbonyl (C=O) groups excluding carboxylic acids is 1. The second kappa shape index (κ2) is 3.86. The molecule has 0 saturated carbocycles. The molecular formula is C12H9N3O2. The molecule has 5 heteroatoms. The summed E-state index contributed by atoms with van der Waals surface area (Å²) in [6.45, 7) is 0.897. The van der Waals surface area contributed by atoms with Gasteiger partial charge in [-0.1, -0.05) is 18.2 Å². The van der Waals surface area contributed by atoms with Crippen molar-refractivity contribution in [1.82, 2.24) is 9.55 Å². The Hall–Kier alpha value is -2.43. The van der Waals surface area contributed by atoms with Crippen LogP contribution in [0.15, 0.2) is 35.5 Å². The Kier molecular flexibility index (Phi) is 2.22. The molecule has 0 spiro atoms. The molecule has 3 rings (SSSR count). The number of ether oxygens (including phenoxy) is 1. The van der Waals surface area contributed by atoms with Crippen molar-refractivity contribution in [2.24, 2.45) is 4.99 Å². The Morgan fingerprint density at radius 2 is 2.24 bits per heavy atom. The van der Waals surface area contributed by atoms with Gasteiger partial charge in [0.2, 0.25) is 0 Å². The van der Waals surface area contributed by atoms with Crippen LogP contribution in [-0.4, -0.2) is 22.2 Å². The van der Waals surface area contributed by atoms with E-state index in [0.29, 0.717) is 13.0 Å². The van der Waals surface area contributed by atoms with E-state index in [1.165, 1.54) is 0 Å². The van der Waals surface area contributed by atoms with Crippen LogP contribution in [0.3, 0.4) is 0 Å². The summed E-state index contributed by atoms with van der Waals surface area (Å²) in [5.74, 6) is 0. The molecule has 0 amide bonds. The number of fused-ring (bicyclic) bond motifs is 3. The van der Waals surface area contributed by atoms with Crippen LogP contribution in [0.1, 0.15) is 11.3 Å². The molecule has 1 aromatic carbocycles. The molecule has 0 N–H and O–H groups in total. The van der Waals surface area contributed by atoms with E-state index in [0.717, 1.165) is 16.9 Å². The van der Waals surface area contributed by atoms with Crippen LogP contribution >= 0.6 is 0 Å². The third-order valence-corrected chi connectivity index (χ3v) is 2.62. The van der Waals surface area contributed by atoms with Gasteiger partial charge in [0.15, 0.2) is 0 Å². The summed E-state index contributed by atoms with van der Waals surface area (Å²) in [7, 11) is 0. The molecule has 0 radical (unpaired) electrons. The van der Waals surface area contributed by atoms with Crippen LogP contribution in [0, 0.1) is 0 Å². The number of hydrogen-bond acceptors (Lipinski definition) is 4. The van der Waals surface area contributed by atoms with Crippen molar-refractivity contribution in [3.05, 3.63) is 41.7 Å². The van der Waals surface area contributed by atoms with E-state index in [2.05, 4.69) is 9.98 Å². The number of rotatable bonds is 2. The molecule has 84 valence electrons. The number of hydrogen-bond donors (Lipinski definition) is 0. The van der Waals surface area contributed by atoms with Crippen molar-refractivity contribution in [3.63, 3.8) is 0 Å². The Morgan fingerprint density at radius 1 is 1.35 bits per heavy atom. The lowest BCUT2D eigenvalue weighted by atomic mass is 10.2. The summed E-state index contributed by atoms with van der Waals surface area (Å²) in [6.07, 6.45) is 3.48. The van der Waals surface area contributed by atoms with Gasteiger partial charge >= 0.3 is 12.5 Å². The number of para-hydroxylation sites is 1. The first-order valence-corrected chi connectivity index (χ1v) is 5.16. The van der Waals surface area contributed by atoms with Crippen LogP contribution in [0.4, 0.5) is 0 Å². The fourth-order valence-corrected chi connectivity index (χ4v) is 1.90. The highest BCUT2D eigenvalue weighted by molar-refractivity contribution is 5.85. The normalized spacial score (nSPS) is 12.5. The number of benzene rings is 1. The fourth-order valence-electron chi connectivity index (χ4n) is 1.90. The number of aromatic nitrogens is 2. The summed E-state index contributed by atoms with van der Waals surface area (Å²) in [5, 5.41) is 0. The van der Waals surface area contributed by atoms with Crippen LogP contribution < -0.4 is 4.74 Å². The predicted molar refractivity (Wildman–Crippen MR) is 61.6 cm³/mol. The smallest absolute Gasteiger partial charge is 0.308 e. The van der Waals surface area contributed by atoms with Crippen LogP contribution in [-0.2, 0) is 11.3 Å². The number of carbonyl (C=O) groups is 1. The monoisotopic (exact) mass is 227 g/mol. The second-order valence-electron chi connectivity index (χ2n) is 3.61. The SMILES string of the molecule is O=COc1ncc2n1-c1ccccc1C=NC2. The highest BCUT2D eigenvalue weighted by atomic mass is 16.5. The van der Waals surface area contributed by atoms with Gasteiger partial charge < -0.3 is 4.74 Å². The van der Waals surface area contributed by atoms with E-state index in [4.69, 9.17) is 4.74 Å². The van der Waals surface area contributed by atoms with Crippen molar-refractivity contribution in [3.8, 4) is 11.7 Å². The minimum atomic E-state index is 0.271. The standard InChI is InChI=1S/C12H9N3O2/c16-8-17-12-14-7-10-6-13-5-9-3-1-2-4-11(9)15(10)12/h1-5,7-8H,6H2. The third kappa shape index (κ3) is 1.52. The van der Waals surface area contributed by atoms with E-state index in [1.807, 2.05) is 30.5 Å². The largest absolute Gasteiger partial charge is 0.394 e. The molecule has 0 unspecified atom stereocenters. The first-order chi connectivity index (χ1) is 8.40. The average Bonchev–Trinajstić information content (AvgIpc) is 2.65. The Labute approximate surface area is 97.4 Å². The van der Waals surface area contributed by atoms with Gasteiger partial charge in [0.05, 0.1) is 24.1 Å². The predicted octanol–water partition coefficient (Wildman–Crippen LogP) is 1.34. The second-order valence-corrected chi connectivity index (χ2v) is 3.61. The summed E-state index contributed by atoms with van der Waals surface area (Å²) >= 11 is 0. The van der Waals surface area contributed by atoms with Crippen molar-refractivity contribution in [2.45, 2.75) is 6.54 Å². The van der Waals surface area contributed by atoms with Gasteiger partial charge in [0.1, 0.15) is 0 Å². The zero-order valence-corrected chi connectivity index (χ0v) is 8.91. The molecule has 17 heavy (non-hydrogen) atoms. The number of nitrogens with zero attached hydrogens (tertiary/aromatic N) is 3. The average molecular weight is 227 g/mol. The molecular weight excluding hydrogens is 218 g/mol.